The summed E-state index contributed by atoms with van der Waals surface area (Å²) in [6.07, 6.45) is 8.24. The van der Waals surface area contributed by atoms with Crippen LogP contribution in [0.15, 0.2) is 22.9 Å². The minimum atomic E-state index is 0.565. The molecule has 0 aliphatic carbocycles. The number of aromatic nitrogens is 1. The van der Waals surface area contributed by atoms with E-state index in [9.17, 15) is 0 Å². The van der Waals surface area contributed by atoms with Gasteiger partial charge in [-0.1, -0.05) is 11.7 Å². The molecule has 0 fully saturated rings. The molecule has 1 aromatic heterocycles. The fourth-order valence-corrected chi connectivity index (χ4v) is 1.09. The first-order valence-electron chi connectivity index (χ1n) is 4.01. The number of allylic oxidation sites excluding steroid dienone is 1. The number of hydrogen-bond acceptors (Lipinski definition) is 2. The van der Waals surface area contributed by atoms with Crippen molar-refractivity contribution in [3.63, 3.8) is 0 Å². The lowest BCUT2D eigenvalue weighted by atomic mass is 10.1. The summed E-state index contributed by atoms with van der Waals surface area (Å²) in [5, 5.41) is 3.85. The smallest absolute Gasteiger partial charge is 0.145 e. The molecule has 13 heavy (non-hydrogen) atoms. The molecule has 0 radical (unpaired) electrons. The third-order valence-corrected chi connectivity index (χ3v) is 1.78. The van der Waals surface area contributed by atoms with E-state index in [1.54, 1.807) is 6.08 Å². The summed E-state index contributed by atoms with van der Waals surface area (Å²) >= 11 is 0. The van der Waals surface area contributed by atoms with Crippen LogP contribution in [0.5, 0.6) is 0 Å². The van der Waals surface area contributed by atoms with E-state index < -0.39 is 0 Å². The first-order valence-corrected chi connectivity index (χ1v) is 4.01. The molecule has 2 heteroatoms. The van der Waals surface area contributed by atoms with Crippen LogP contribution in [0, 0.1) is 19.3 Å². The molecule has 66 valence electrons. The van der Waals surface area contributed by atoms with E-state index in [2.05, 4.69) is 23.4 Å². The summed E-state index contributed by atoms with van der Waals surface area (Å²) in [6, 6.07) is 0. The van der Waals surface area contributed by atoms with Gasteiger partial charge in [0.15, 0.2) is 0 Å². The molecule has 0 N–H and O–H groups in total. The van der Waals surface area contributed by atoms with Crippen LogP contribution < -0.4 is 0 Å². The van der Waals surface area contributed by atoms with Crippen molar-refractivity contribution < 1.29 is 4.52 Å². The van der Waals surface area contributed by atoms with Gasteiger partial charge in [-0.05, 0) is 13.0 Å². The Hall–Kier alpha value is -1.71. The Balaban J connectivity index is 2.94. The van der Waals surface area contributed by atoms with Crippen molar-refractivity contribution in [3.05, 3.63) is 35.4 Å². The Morgan fingerprint density at radius 1 is 1.69 bits per heavy atom. The minimum Gasteiger partial charge on any atom is -0.360 e. The molecule has 0 aliphatic rings. The number of hydrogen-bond donors (Lipinski definition) is 0. The maximum Gasteiger partial charge on any atom is 0.145 e. The first-order chi connectivity index (χ1) is 6.29. The average Bonchev–Trinajstić information content (AvgIpc) is 2.46. The van der Waals surface area contributed by atoms with Crippen LogP contribution >= 0.6 is 0 Å². The molecule has 1 heterocycles. The zero-order chi connectivity index (χ0) is 9.68. The van der Waals surface area contributed by atoms with Crippen LogP contribution in [0.1, 0.15) is 17.0 Å². The number of aryl methyl sites for hydroxylation is 1. The molecule has 1 aromatic rings. The number of terminal acetylenes is 1. The van der Waals surface area contributed by atoms with Gasteiger partial charge in [-0.3, -0.25) is 0 Å². The zero-order valence-electron chi connectivity index (χ0n) is 7.63. The standard InChI is InChI=1S/C11H11NO/c1-4-6-8-11-10(7-5-2)9(3)12-13-11/h2,6H,1,7-8H2,3H3. The Bertz CT molecular complexity index is 375. The van der Waals surface area contributed by atoms with Gasteiger partial charge in [-0.2, -0.15) is 0 Å². The monoisotopic (exact) mass is 173 g/mol. The molecular formula is C11H11NO. The van der Waals surface area contributed by atoms with E-state index >= 15 is 0 Å². The van der Waals surface area contributed by atoms with Crippen molar-refractivity contribution in [1.82, 2.24) is 5.16 Å². The molecule has 0 bridgehead atoms. The van der Waals surface area contributed by atoms with Gasteiger partial charge in [0.2, 0.25) is 0 Å². The molecule has 2 nitrogen and oxygen atoms in total. The third-order valence-electron chi connectivity index (χ3n) is 1.78. The Morgan fingerprint density at radius 2 is 2.46 bits per heavy atom. The topological polar surface area (TPSA) is 26.0 Å². The maximum atomic E-state index is 5.23. The molecule has 0 spiro atoms. The summed E-state index contributed by atoms with van der Waals surface area (Å²) in [5.74, 6) is 3.39. The van der Waals surface area contributed by atoms with Crippen molar-refractivity contribution in [2.75, 3.05) is 0 Å². The third kappa shape index (κ3) is 2.11. The lowest BCUT2D eigenvalue weighted by molar-refractivity contribution is 0.386. The zero-order valence-corrected chi connectivity index (χ0v) is 7.63. The van der Waals surface area contributed by atoms with Crippen molar-refractivity contribution in [1.29, 1.82) is 0 Å². The minimum absolute atomic E-state index is 0.565. The molecule has 0 atom stereocenters. The first kappa shape index (κ1) is 9.38. The van der Waals surface area contributed by atoms with Gasteiger partial charge in [0.1, 0.15) is 5.76 Å². The van der Waals surface area contributed by atoms with Gasteiger partial charge in [0.05, 0.1) is 5.69 Å². The van der Waals surface area contributed by atoms with Gasteiger partial charge in [0.25, 0.3) is 0 Å². The van der Waals surface area contributed by atoms with Crippen LogP contribution in [-0.2, 0) is 12.8 Å². The second kappa shape index (κ2) is 4.35. The number of nitrogens with zero attached hydrogens (tertiary/aromatic N) is 1. The Morgan fingerprint density at radius 3 is 3.08 bits per heavy atom. The maximum absolute atomic E-state index is 5.23. The molecule has 0 unspecified atom stereocenters. The van der Waals surface area contributed by atoms with Crippen molar-refractivity contribution in [3.8, 4) is 12.3 Å². The highest BCUT2D eigenvalue weighted by Crippen LogP contribution is 2.14. The van der Waals surface area contributed by atoms with Crippen LogP contribution in [0.25, 0.3) is 0 Å². The average molecular weight is 173 g/mol. The molecular weight excluding hydrogens is 162 g/mol. The predicted molar refractivity (Wildman–Crippen MR) is 51.2 cm³/mol. The highest BCUT2D eigenvalue weighted by atomic mass is 16.5. The molecule has 1 rings (SSSR count). The summed E-state index contributed by atoms with van der Waals surface area (Å²) in [6.45, 7) is 5.36. The van der Waals surface area contributed by atoms with Gasteiger partial charge in [-0.25, -0.2) is 0 Å². The van der Waals surface area contributed by atoms with E-state index in [1.165, 1.54) is 0 Å². The Labute approximate surface area is 77.9 Å². The van der Waals surface area contributed by atoms with E-state index in [0.717, 1.165) is 17.0 Å². The highest BCUT2D eigenvalue weighted by molar-refractivity contribution is 5.27. The van der Waals surface area contributed by atoms with Crippen LogP contribution in [-0.4, -0.2) is 5.16 Å². The summed E-state index contributed by atoms with van der Waals surface area (Å²) in [4.78, 5) is 0. The fraction of sp³-hybridized carbons (Fsp3) is 0.273. The fourth-order valence-electron chi connectivity index (χ4n) is 1.09. The van der Waals surface area contributed by atoms with E-state index in [0.29, 0.717) is 12.8 Å². The summed E-state index contributed by atoms with van der Waals surface area (Å²) in [7, 11) is 0. The molecule has 0 aliphatic heterocycles. The lowest BCUT2D eigenvalue weighted by Crippen LogP contribution is -1.88. The SMILES string of the molecule is C#CCc1c(C)noc1CC=C=C. The quantitative estimate of drug-likeness (QED) is 0.516. The van der Waals surface area contributed by atoms with Gasteiger partial charge in [-0.15, -0.1) is 18.1 Å². The van der Waals surface area contributed by atoms with Gasteiger partial charge in [0, 0.05) is 18.4 Å². The largest absolute Gasteiger partial charge is 0.360 e. The van der Waals surface area contributed by atoms with E-state index in [4.69, 9.17) is 10.9 Å². The van der Waals surface area contributed by atoms with Gasteiger partial charge >= 0.3 is 0 Å². The lowest BCUT2D eigenvalue weighted by Gasteiger charge is -1.92. The normalized spacial score (nSPS) is 8.92. The molecule has 0 saturated carbocycles. The second-order valence-corrected chi connectivity index (χ2v) is 2.66. The predicted octanol–water partition coefficient (Wildman–Crippen LogP) is 2.04. The molecule has 0 saturated heterocycles. The van der Waals surface area contributed by atoms with Crippen molar-refractivity contribution >= 4 is 0 Å². The van der Waals surface area contributed by atoms with Gasteiger partial charge < -0.3 is 4.52 Å². The van der Waals surface area contributed by atoms with E-state index in [1.807, 2.05) is 6.92 Å². The van der Waals surface area contributed by atoms with Crippen LogP contribution in [0.2, 0.25) is 0 Å². The summed E-state index contributed by atoms with van der Waals surface area (Å²) < 4.78 is 5.11. The van der Waals surface area contributed by atoms with Crippen LogP contribution in [0.3, 0.4) is 0 Å². The second-order valence-electron chi connectivity index (χ2n) is 2.66. The molecule has 0 amide bonds. The van der Waals surface area contributed by atoms with Crippen molar-refractivity contribution in [2.45, 2.75) is 19.8 Å². The summed E-state index contributed by atoms with van der Waals surface area (Å²) in [5.41, 5.74) is 4.55. The van der Waals surface area contributed by atoms with Crippen LogP contribution in [0.4, 0.5) is 0 Å². The van der Waals surface area contributed by atoms with E-state index in [-0.39, 0.29) is 0 Å². The van der Waals surface area contributed by atoms with Crippen molar-refractivity contribution in [2.24, 2.45) is 0 Å². The highest BCUT2D eigenvalue weighted by Gasteiger charge is 2.09. The Kier molecular flexibility index (Phi) is 3.14. The number of rotatable bonds is 3. The molecule has 0 aromatic carbocycles.